The molecular weight excluding hydrogens is 292 g/mol. The van der Waals surface area contributed by atoms with Crippen LogP contribution in [0.1, 0.15) is 30.6 Å². The number of carbonyl (C=O) groups is 1. The molecule has 0 spiro atoms. The molecule has 0 radical (unpaired) electrons. The Morgan fingerprint density at radius 2 is 1.70 bits per heavy atom. The van der Waals surface area contributed by atoms with Crippen LogP contribution >= 0.6 is 0 Å². The SMILES string of the molecule is CN=C(NCCNC(=O)c1ccc(OC)cc1)NCCC(C)C. The van der Waals surface area contributed by atoms with Crippen LogP contribution in [-0.4, -0.2) is 45.7 Å². The van der Waals surface area contributed by atoms with Gasteiger partial charge < -0.3 is 20.7 Å². The molecule has 128 valence electrons. The fourth-order valence-corrected chi connectivity index (χ4v) is 1.90. The number of nitrogens with zero attached hydrogens (tertiary/aromatic N) is 1. The molecule has 0 fully saturated rings. The first kappa shape index (κ1) is 18.8. The van der Waals surface area contributed by atoms with Crippen molar-refractivity contribution >= 4 is 11.9 Å². The van der Waals surface area contributed by atoms with Gasteiger partial charge in [0, 0.05) is 32.2 Å². The molecule has 0 aliphatic heterocycles. The number of aliphatic imine (C=N–C) groups is 1. The van der Waals surface area contributed by atoms with E-state index in [1.807, 2.05) is 0 Å². The average Bonchev–Trinajstić information content (AvgIpc) is 2.56. The Balaban J connectivity index is 2.25. The zero-order valence-corrected chi connectivity index (χ0v) is 14.5. The third-order valence-corrected chi connectivity index (χ3v) is 3.29. The van der Waals surface area contributed by atoms with Crippen LogP contribution in [0.5, 0.6) is 5.75 Å². The van der Waals surface area contributed by atoms with Crippen molar-refractivity contribution in [3.63, 3.8) is 0 Å². The highest BCUT2D eigenvalue weighted by molar-refractivity contribution is 5.94. The first-order chi connectivity index (χ1) is 11.1. The van der Waals surface area contributed by atoms with Gasteiger partial charge in [-0.25, -0.2) is 0 Å². The minimum atomic E-state index is -0.0998. The lowest BCUT2D eigenvalue weighted by atomic mass is 10.1. The van der Waals surface area contributed by atoms with Crippen LogP contribution in [0.3, 0.4) is 0 Å². The van der Waals surface area contributed by atoms with Crippen LogP contribution in [0.15, 0.2) is 29.3 Å². The van der Waals surface area contributed by atoms with E-state index in [4.69, 9.17) is 4.74 Å². The minimum absolute atomic E-state index is 0.0998. The Morgan fingerprint density at radius 1 is 1.09 bits per heavy atom. The van der Waals surface area contributed by atoms with Gasteiger partial charge in [0.2, 0.25) is 0 Å². The summed E-state index contributed by atoms with van der Waals surface area (Å²) in [6.07, 6.45) is 1.09. The van der Waals surface area contributed by atoms with Gasteiger partial charge in [-0.3, -0.25) is 9.79 Å². The van der Waals surface area contributed by atoms with Crippen LogP contribution < -0.4 is 20.7 Å². The maximum Gasteiger partial charge on any atom is 0.251 e. The molecule has 0 aliphatic carbocycles. The van der Waals surface area contributed by atoms with Crippen LogP contribution in [0, 0.1) is 5.92 Å². The van der Waals surface area contributed by atoms with E-state index in [0.717, 1.165) is 24.7 Å². The van der Waals surface area contributed by atoms with E-state index < -0.39 is 0 Å². The normalized spacial score (nSPS) is 11.3. The van der Waals surface area contributed by atoms with Crippen LogP contribution in [0.4, 0.5) is 0 Å². The second kappa shape index (κ2) is 10.5. The van der Waals surface area contributed by atoms with Gasteiger partial charge in [-0.1, -0.05) is 13.8 Å². The van der Waals surface area contributed by atoms with Crippen LogP contribution in [-0.2, 0) is 0 Å². The van der Waals surface area contributed by atoms with Gasteiger partial charge in [0.05, 0.1) is 7.11 Å². The molecule has 3 N–H and O–H groups in total. The second-order valence-electron chi connectivity index (χ2n) is 5.59. The number of amides is 1. The fourth-order valence-electron chi connectivity index (χ4n) is 1.90. The quantitative estimate of drug-likeness (QED) is 0.387. The Hall–Kier alpha value is -2.24. The average molecular weight is 320 g/mol. The lowest BCUT2D eigenvalue weighted by Gasteiger charge is -2.13. The summed E-state index contributed by atoms with van der Waals surface area (Å²) in [7, 11) is 3.34. The molecular formula is C17H28N4O2. The lowest BCUT2D eigenvalue weighted by Crippen LogP contribution is -2.42. The van der Waals surface area contributed by atoms with Gasteiger partial charge >= 0.3 is 0 Å². The molecule has 0 aromatic heterocycles. The molecule has 1 rings (SSSR count). The smallest absolute Gasteiger partial charge is 0.251 e. The van der Waals surface area contributed by atoms with Crippen LogP contribution in [0.25, 0.3) is 0 Å². The zero-order valence-electron chi connectivity index (χ0n) is 14.5. The largest absolute Gasteiger partial charge is 0.497 e. The number of guanidine groups is 1. The number of nitrogens with one attached hydrogen (secondary N) is 3. The number of benzene rings is 1. The third-order valence-electron chi connectivity index (χ3n) is 3.29. The first-order valence-corrected chi connectivity index (χ1v) is 7.93. The van der Waals surface area contributed by atoms with E-state index in [0.29, 0.717) is 24.6 Å². The van der Waals surface area contributed by atoms with Gasteiger partial charge in [0.15, 0.2) is 5.96 Å². The predicted octanol–water partition coefficient (Wildman–Crippen LogP) is 1.64. The highest BCUT2D eigenvalue weighted by Crippen LogP contribution is 2.10. The summed E-state index contributed by atoms with van der Waals surface area (Å²) >= 11 is 0. The number of hydrogen-bond acceptors (Lipinski definition) is 3. The number of carbonyl (C=O) groups excluding carboxylic acids is 1. The summed E-state index contributed by atoms with van der Waals surface area (Å²) in [5.41, 5.74) is 0.616. The van der Waals surface area contributed by atoms with Crippen molar-refractivity contribution in [3.8, 4) is 5.75 Å². The zero-order chi connectivity index (χ0) is 17.1. The molecule has 0 unspecified atom stereocenters. The van der Waals surface area contributed by atoms with Crippen molar-refractivity contribution in [2.45, 2.75) is 20.3 Å². The molecule has 6 nitrogen and oxygen atoms in total. The number of hydrogen-bond donors (Lipinski definition) is 3. The van der Waals surface area contributed by atoms with Gasteiger partial charge in [-0.2, -0.15) is 0 Å². The topological polar surface area (TPSA) is 74.8 Å². The monoisotopic (exact) mass is 320 g/mol. The van der Waals surface area contributed by atoms with Gasteiger partial charge in [0.1, 0.15) is 5.75 Å². The maximum atomic E-state index is 12.0. The summed E-state index contributed by atoms with van der Waals surface area (Å²) in [6, 6.07) is 7.03. The van der Waals surface area contributed by atoms with Gasteiger partial charge in [-0.15, -0.1) is 0 Å². The number of ether oxygens (including phenoxy) is 1. The van der Waals surface area contributed by atoms with E-state index in [2.05, 4.69) is 34.8 Å². The molecule has 0 saturated heterocycles. The molecule has 23 heavy (non-hydrogen) atoms. The summed E-state index contributed by atoms with van der Waals surface area (Å²) in [5.74, 6) is 2.05. The predicted molar refractivity (Wildman–Crippen MR) is 94.1 cm³/mol. The summed E-state index contributed by atoms with van der Waals surface area (Å²) in [5, 5.41) is 9.28. The Labute approximate surface area is 138 Å². The lowest BCUT2D eigenvalue weighted by molar-refractivity contribution is 0.0954. The van der Waals surface area contributed by atoms with Crippen molar-refractivity contribution in [3.05, 3.63) is 29.8 Å². The third kappa shape index (κ3) is 7.54. The highest BCUT2D eigenvalue weighted by Gasteiger charge is 2.05. The van der Waals surface area contributed by atoms with Crippen molar-refractivity contribution in [2.24, 2.45) is 10.9 Å². The molecule has 0 heterocycles. The van der Waals surface area contributed by atoms with Gasteiger partial charge in [-0.05, 0) is 36.6 Å². The molecule has 6 heteroatoms. The standard InChI is InChI=1S/C17H28N4O2/c1-13(2)9-10-20-17(18-3)21-12-11-19-16(22)14-5-7-15(23-4)8-6-14/h5-8,13H,9-12H2,1-4H3,(H,19,22)(H2,18,20,21). The van der Waals surface area contributed by atoms with E-state index in [1.165, 1.54) is 0 Å². The molecule has 1 aromatic rings. The van der Waals surface area contributed by atoms with E-state index in [9.17, 15) is 4.79 Å². The Morgan fingerprint density at radius 3 is 2.26 bits per heavy atom. The molecule has 0 aliphatic rings. The second-order valence-corrected chi connectivity index (χ2v) is 5.59. The van der Waals surface area contributed by atoms with Gasteiger partial charge in [0.25, 0.3) is 5.91 Å². The number of rotatable bonds is 8. The number of methoxy groups -OCH3 is 1. The first-order valence-electron chi connectivity index (χ1n) is 7.93. The minimum Gasteiger partial charge on any atom is -0.497 e. The van der Waals surface area contributed by atoms with Crippen molar-refractivity contribution in [1.29, 1.82) is 0 Å². The van der Waals surface area contributed by atoms with E-state index in [-0.39, 0.29) is 5.91 Å². The molecule has 1 aromatic carbocycles. The fraction of sp³-hybridized carbons (Fsp3) is 0.529. The van der Waals surface area contributed by atoms with Crippen molar-refractivity contribution < 1.29 is 9.53 Å². The highest BCUT2D eigenvalue weighted by atomic mass is 16.5. The van der Waals surface area contributed by atoms with Crippen molar-refractivity contribution in [2.75, 3.05) is 33.8 Å². The molecule has 0 atom stereocenters. The van der Waals surface area contributed by atoms with Crippen molar-refractivity contribution in [1.82, 2.24) is 16.0 Å². The van der Waals surface area contributed by atoms with Crippen LogP contribution in [0.2, 0.25) is 0 Å². The molecule has 0 bridgehead atoms. The summed E-state index contributed by atoms with van der Waals surface area (Å²) in [4.78, 5) is 16.1. The Bertz CT molecular complexity index is 498. The summed E-state index contributed by atoms with van der Waals surface area (Å²) in [6.45, 7) is 6.40. The summed E-state index contributed by atoms with van der Waals surface area (Å²) < 4.78 is 5.07. The van der Waals surface area contributed by atoms with E-state index in [1.54, 1.807) is 38.4 Å². The Kier molecular flexibility index (Phi) is 8.57. The maximum absolute atomic E-state index is 12.0. The molecule has 0 saturated carbocycles. The molecule has 1 amide bonds. The van der Waals surface area contributed by atoms with E-state index >= 15 is 0 Å².